The Hall–Kier alpha value is -2.06. The van der Waals surface area contributed by atoms with E-state index in [-0.39, 0.29) is 11.9 Å². The Morgan fingerprint density at radius 3 is 2.62 bits per heavy atom. The zero-order chi connectivity index (χ0) is 22.9. The second-order valence-corrected chi connectivity index (χ2v) is 9.22. The average molecular weight is 492 g/mol. The van der Waals surface area contributed by atoms with Gasteiger partial charge in [-0.15, -0.1) is 10.2 Å². The van der Waals surface area contributed by atoms with Gasteiger partial charge in [-0.3, -0.25) is 9.36 Å². The maximum absolute atomic E-state index is 12.4. The smallest absolute Gasteiger partial charge is 0.220 e. The summed E-state index contributed by atoms with van der Waals surface area (Å²) in [6, 6.07) is 15.1. The normalized spacial score (nSPS) is 12.0. The number of carbonyl (C=O) groups excluding carboxylic acids is 1. The summed E-state index contributed by atoms with van der Waals surface area (Å²) in [6.45, 7) is 2.54. The number of amides is 1. The lowest BCUT2D eigenvalue weighted by atomic mass is 10.2. The van der Waals surface area contributed by atoms with E-state index >= 15 is 0 Å². The van der Waals surface area contributed by atoms with E-state index in [0.717, 1.165) is 30.7 Å². The fourth-order valence-corrected chi connectivity index (χ4v) is 4.65. The molecule has 0 saturated heterocycles. The zero-order valence-electron chi connectivity index (χ0n) is 17.9. The predicted molar refractivity (Wildman–Crippen MR) is 131 cm³/mol. The molecule has 1 aromatic heterocycles. The average Bonchev–Trinajstić information content (AvgIpc) is 3.20. The molecule has 0 aliphatic rings. The minimum atomic E-state index is -0.345. The van der Waals surface area contributed by atoms with Gasteiger partial charge in [-0.25, -0.2) is 0 Å². The molecule has 9 heteroatoms. The molecule has 3 aromatic rings. The third-order valence-electron chi connectivity index (χ3n) is 4.89. The number of thioether (sulfide) groups is 1. The molecule has 1 atom stereocenters. The number of aromatic nitrogens is 3. The van der Waals surface area contributed by atoms with Crippen molar-refractivity contribution in [1.29, 1.82) is 0 Å². The van der Waals surface area contributed by atoms with Crippen LogP contribution in [-0.2, 0) is 10.5 Å². The van der Waals surface area contributed by atoms with Gasteiger partial charge in [0.2, 0.25) is 5.91 Å². The molecule has 0 fully saturated rings. The zero-order valence-corrected chi connectivity index (χ0v) is 20.3. The highest BCUT2D eigenvalue weighted by Gasteiger charge is 2.22. The molecule has 1 unspecified atom stereocenters. The van der Waals surface area contributed by atoms with Crippen LogP contribution in [0.5, 0.6) is 0 Å². The Kier molecular flexibility index (Phi) is 9.41. The van der Waals surface area contributed by atoms with E-state index in [1.165, 1.54) is 5.56 Å². The van der Waals surface area contributed by atoms with Gasteiger partial charge < -0.3 is 11.1 Å². The fraction of sp³-hybridized carbons (Fsp3) is 0.348. The van der Waals surface area contributed by atoms with Crippen molar-refractivity contribution in [2.75, 3.05) is 6.54 Å². The first-order valence-corrected chi connectivity index (χ1v) is 12.3. The number of nitrogens with zero attached hydrogens (tertiary/aromatic N) is 3. The SMILES string of the molecule is CC(NC(=O)CCCCCN)c1nnc(SCc2ccccc2)n1-c1ccc(Cl)cc1Cl. The fourth-order valence-electron chi connectivity index (χ4n) is 3.25. The van der Waals surface area contributed by atoms with Crippen LogP contribution in [0.1, 0.15) is 50.0 Å². The van der Waals surface area contributed by atoms with E-state index in [0.29, 0.717) is 34.0 Å². The number of halogens is 2. The van der Waals surface area contributed by atoms with Crippen molar-refractivity contribution in [2.24, 2.45) is 5.73 Å². The standard InChI is InChI=1S/C23H27Cl2N5OS/c1-16(27-21(31)10-6-3-7-13-26)22-28-29-23(32-15-17-8-4-2-5-9-17)30(22)20-12-11-18(24)14-19(20)25/h2,4-5,8-9,11-12,14,16H,3,6-7,10,13,15,26H2,1H3,(H,27,31). The quantitative estimate of drug-likeness (QED) is 0.270. The number of hydrogen-bond donors (Lipinski definition) is 2. The Morgan fingerprint density at radius 2 is 1.91 bits per heavy atom. The van der Waals surface area contributed by atoms with Crippen LogP contribution in [0.3, 0.4) is 0 Å². The molecule has 3 rings (SSSR count). The van der Waals surface area contributed by atoms with Gasteiger partial charge in [-0.05, 0) is 50.1 Å². The molecular formula is C23H27Cl2N5OS. The van der Waals surface area contributed by atoms with Crippen LogP contribution >= 0.6 is 35.0 Å². The highest BCUT2D eigenvalue weighted by Crippen LogP contribution is 2.32. The number of unbranched alkanes of at least 4 members (excludes halogenated alkanes) is 2. The van der Waals surface area contributed by atoms with Crippen molar-refractivity contribution < 1.29 is 4.79 Å². The summed E-state index contributed by atoms with van der Waals surface area (Å²) in [4.78, 5) is 12.4. The van der Waals surface area contributed by atoms with Crippen LogP contribution in [-0.4, -0.2) is 27.2 Å². The second-order valence-electron chi connectivity index (χ2n) is 7.43. The highest BCUT2D eigenvalue weighted by atomic mass is 35.5. The first kappa shape index (κ1) is 24.6. The number of rotatable bonds is 11. The van der Waals surface area contributed by atoms with Crippen LogP contribution in [0.4, 0.5) is 0 Å². The third-order valence-corrected chi connectivity index (χ3v) is 6.43. The number of carbonyl (C=O) groups is 1. The first-order chi connectivity index (χ1) is 15.5. The Morgan fingerprint density at radius 1 is 1.12 bits per heavy atom. The molecule has 0 radical (unpaired) electrons. The van der Waals surface area contributed by atoms with E-state index in [1.807, 2.05) is 35.8 Å². The van der Waals surface area contributed by atoms with Crippen LogP contribution < -0.4 is 11.1 Å². The van der Waals surface area contributed by atoms with Crippen LogP contribution in [0.15, 0.2) is 53.7 Å². The van der Waals surface area contributed by atoms with Crippen LogP contribution in [0.25, 0.3) is 5.69 Å². The first-order valence-electron chi connectivity index (χ1n) is 10.6. The van der Waals surface area contributed by atoms with Gasteiger partial charge in [0.25, 0.3) is 0 Å². The van der Waals surface area contributed by atoms with Crippen LogP contribution in [0.2, 0.25) is 10.0 Å². The van der Waals surface area contributed by atoms with Gasteiger partial charge in [0.1, 0.15) is 0 Å². The summed E-state index contributed by atoms with van der Waals surface area (Å²) in [5.74, 6) is 1.32. The lowest BCUT2D eigenvalue weighted by Gasteiger charge is -2.17. The topological polar surface area (TPSA) is 85.8 Å². The summed E-state index contributed by atoms with van der Waals surface area (Å²) < 4.78 is 1.89. The maximum Gasteiger partial charge on any atom is 0.220 e. The molecule has 0 bridgehead atoms. The molecule has 1 amide bonds. The van der Waals surface area contributed by atoms with Gasteiger partial charge in [0, 0.05) is 17.2 Å². The van der Waals surface area contributed by atoms with E-state index in [9.17, 15) is 4.79 Å². The predicted octanol–water partition coefficient (Wildman–Crippen LogP) is 5.56. The number of nitrogens with one attached hydrogen (secondary N) is 1. The lowest BCUT2D eigenvalue weighted by molar-refractivity contribution is -0.121. The Bertz CT molecular complexity index is 1030. The largest absolute Gasteiger partial charge is 0.346 e. The molecule has 3 N–H and O–H groups in total. The number of hydrogen-bond acceptors (Lipinski definition) is 5. The van der Waals surface area contributed by atoms with Crippen molar-refractivity contribution in [3.8, 4) is 5.69 Å². The van der Waals surface area contributed by atoms with Crippen molar-refractivity contribution in [3.63, 3.8) is 0 Å². The molecule has 0 aliphatic carbocycles. The summed E-state index contributed by atoms with van der Waals surface area (Å²) >= 11 is 14.2. The van der Waals surface area contributed by atoms with Gasteiger partial charge in [0.05, 0.1) is 16.8 Å². The van der Waals surface area contributed by atoms with Gasteiger partial charge in [0.15, 0.2) is 11.0 Å². The highest BCUT2D eigenvalue weighted by molar-refractivity contribution is 7.98. The molecule has 170 valence electrons. The Labute approximate surface area is 202 Å². The summed E-state index contributed by atoms with van der Waals surface area (Å²) in [6.07, 6.45) is 3.13. The monoisotopic (exact) mass is 491 g/mol. The minimum Gasteiger partial charge on any atom is -0.346 e. The van der Waals surface area contributed by atoms with E-state index in [1.54, 1.807) is 23.9 Å². The maximum atomic E-state index is 12.4. The van der Waals surface area contributed by atoms with Crippen molar-refractivity contribution in [1.82, 2.24) is 20.1 Å². The summed E-state index contributed by atoms with van der Waals surface area (Å²) in [5, 5.41) is 13.6. The lowest BCUT2D eigenvalue weighted by Crippen LogP contribution is -2.28. The number of benzene rings is 2. The molecule has 0 aliphatic heterocycles. The molecule has 0 saturated carbocycles. The van der Waals surface area contributed by atoms with E-state index in [4.69, 9.17) is 28.9 Å². The van der Waals surface area contributed by atoms with Gasteiger partial charge >= 0.3 is 0 Å². The Balaban J connectivity index is 1.83. The third kappa shape index (κ3) is 6.72. The van der Waals surface area contributed by atoms with Gasteiger partial charge in [-0.2, -0.15) is 0 Å². The second kappa shape index (κ2) is 12.3. The van der Waals surface area contributed by atoms with E-state index < -0.39 is 0 Å². The molecular weight excluding hydrogens is 465 g/mol. The molecule has 6 nitrogen and oxygen atoms in total. The number of nitrogens with two attached hydrogens (primary N) is 1. The minimum absolute atomic E-state index is 0.0234. The molecule has 2 aromatic carbocycles. The van der Waals surface area contributed by atoms with Crippen molar-refractivity contribution in [3.05, 3.63) is 70.0 Å². The van der Waals surface area contributed by atoms with Gasteiger partial charge in [-0.1, -0.05) is 71.7 Å². The summed E-state index contributed by atoms with van der Waals surface area (Å²) in [5.41, 5.74) is 7.41. The molecule has 0 spiro atoms. The molecule has 1 heterocycles. The van der Waals surface area contributed by atoms with Crippen molar-refractivity contribution in [2.45, 2.75) is 49.6 Å². The molecule has 32 heavy (non-hydrogen) atoms. The van der Waals surface area contributed by atoms with Crippen LogP contribution in [0, 0.1) is 0 Å². The summed E-state index contributed by atoms with van der Waals surface area (Å²) in [7, 11) is 0. The van der Waals surface area contributed by atoms with E-state index in [2.05, 4.69) is 27.6 Å². The van der Waals surface area contributed by atoms with Crippen molar-refractivity contribution >= 4 is 40.9 Å².